The summed E-state index contributed by atoms with van der Waals surface area (Å²) in [5.41, 5.74) is 0. The van der Waals surface area contributed by atoms with Gasteiger partial charge in [0.05, 0.1) is 0 Å². The van der Waals surface area contributed by atoms with Gasteiger partial charge in [0, 0.05) is 0 Å². The van der Waals surface area contributed by atoms with Crippen LogP contribution in [0.1, 0.15) is 0 Å². The van der Waals surface area contributed by atoms with Crippen molar-refractivity contribution in [3.05, 3.63) is 39.4 Å². The molecule has 0 N–H and O–H groups in total. The average molecular weight is 212 g/mol. The van der Waals surface area contributed by atoms with Gasteiger partial charge in [-0.3, -0.25) is 0 Å². The molecule has 0 aromatic carbocycles. The van der Waals surface area contributed by atoms with Crippen LogP contribution in [0.4, 0.5) is 0 Å². The molecule has 0 heterocycles. The van der Waals surface area contributed by atoms with Gasteiger partial charge in [-0.2, -0.15) is 0 Å². The van der Waals surface area contributed by atoms with Gasteiger partial charge in [0.2, 0.25) is 0 Å². The van der Waals surface area contributed by atoms with E-state index >= 15 is 0 Å². The minimum Gasteiger partial charge on any atom is -0.512 e. The molecule has 0 saturated carbocycles. The Morgan fingerprint density at radius 1 is 0.462 bits per heavy atom. The van der Waals surface area contributed by atoms with Crippen molar-refractivity contribution in [2.24, 2.45) is 0 Å². The first kappa shape index (κ1) is 73.9. The smallest absolute Gasteiger partial charge is 0.512 e. The van der Waals surface area contributed by atoms with Crippen LogP contribution in [0.15, 0.2) is 0 Å². The Balaban J connectivity index is -0.00000000655. The van der Waals surface area contributed by atoms with Gasteiger partial charge in [0.25, 0.3) is 0 Å². The fourth-order valence-electron chi connectivity index (χ4n) is 0. The second kappa shape index (κ2) is 135. The zero-order valence-electron chi connectivity index (χ0n) is 6.04. The Morgan fingerprint density at radius 3 is 0.462 bits per heavy atom. The first-order valence-corrected chi connectivity index (χ1v) is 1.34. The van der Waals surface area contributed by atoms with E-state index in [9.17, 15) is 0 Å². The molecule has 0 atom stereocenters. The van der Waals surface area contributed by atoms with Crippen molar-refractivity contribution in [3.8, 4) is 0 Å². The van der Waals surface area contributed by atoms with Gasteiger partial charge >= 0.3 is 28.9 Å². The predicted octanol–water partition coefficient (Wildman–Crippen LogP) is 0.576. The minimum absolute atomic E-state index is 0. The Bertz CT molecular complexity index is 92.1. The third-order valence-electron chi connectivity index (χ3n) is 0. The molecule has 0 aromatic heterocycles. The molecule has 7 heteroatoms. The van der Waals surface area contributed by atoms with Crippen LogP contribution in [0.25, 0.3) is 0 Å². The summed E-state index contributed by atoms with van der Waals surface area (Å²) in [6.45, 7) is 28.5. The fourth-order valence-corrected chi connectivity index (χ4v) is 0. The monoisotopic (exact) mass is 212 g/mol. The molecule has 0 amide bonds. The first-order valence-electron chi connectivity index (χ1n) is 1.34. The van der Waals surface area contributed by atoms with Crippen molar-refractivity contribution in [3.63, 3.8) is 0 Å². The third-order valence-corrected chi connectivity index (χ3v) is 0. The van der Waals surface area contributed by atoms with Gasteiger partial charge in [0.15, 0.2) is 0 Å². The Labute approximate surface area is 88.5 Å². The molecule has 13 heavy (non-hydrogen) atoms. The quantitative estimate of drug-likeness (QED) is 0.424. The summed E-state index contributed by atoms with van der Waals surface area (Å²) >= 11 is 0. The summed E-state index contributed by atoms with van der Waals surface area (Å²) in [7, 11) is 0. The van der Waals surface area contributed by atoms with Gasteiger partial charge in [-0.05, 0) is 0 Å². The average Bonchev–Trinajstić information content (AvgIpc) is 2.33. The van der Waals surface area contributed by atoms with E-state index in [-0.39, 0.29) is 17.1 Å². The normalized spacial score (nSPS) is 1.15. The molecule has 0 fully saturated rings. The SMILES string of the molecule is [C+]#N.[C-]#N.[C-]#N.[C-]#N.[C-]#N.[C-]#N.[Fe+5]. The van der Waals surface area contributed by atoms with Crippen LogP contribution in [0.2, 0.25) is 0 Å². The van der Waals surface area contributed by atoms with Gasteiger partial charge < -0.3 is 59.2 Å². The van der Waals surface area contributed by atoms with Crippen LogP contribution in [-0.2, 0) is 17.1 Å². The molecule has 0 aliphatic heterocycles. The molecule has 0 aromatic rings. The van der Waals surface area contributed by atoms with Gasteiger partial charge in [0.1, 0.15) is 0 Å². The second-order valence-corrected chi connectivity index (χ2v) is 0. The van der Waals surface area contributed by atoms with E-state index in [4.69, 9.17) is 71.0 Å². The van der Waals surface area contributed by atoms with Crippen molar-refractivity contribution in [1.82, 2.24) is 0 Å². The maximum Gasteiger partial charge on any atom is 5.00 e. The Hall–Kier alpha value is -2.32. The number of nitrogens with zero attached hydrogens (tertiary/aromatic N) is 6. The largest absolute Gasteiger partial charge is 5.00 e. The molecule has 0 unspecified atom stereocenters. The van der Waals surface area contributed by atoms with Crippen LogP contribution < -0.4 is 0 Å². The fraction of sp³-hybridized carbons (Fsp3) is 0. The number of hydrogen-bond acceptors (Lipinski definition) is 6. The third kappa shape index (κ3) is 106. The minimum atomic E-state index is 0. The zero-order chi connectivity index (χ0) is 12.0. The molecule has 0 aliphatic carbocycles. The summed E-state index contributed by atoms with van der Waals surface area (Å²) in [5.74, 6) is 0. The Morgan fingerprint density at radius 2 is 0.462 bits per heavy atom. The van der Waals surface area contributed by atoms with E-state index in [2.05, 4.69) is 0 Å². The van der Waals surface area contributed by atoms with Crippen LogP contribution in [-0.4, -0.2) is 0 Å². The molecule has 6 nitrogen and oxygen atoms in total. The first-order chi connectivity index (χ1) is 6.00. The van der Waals surface area contributed by atoms with Crippen molar-refractivity contribution in [2.45, 2.75) is 0 Å². The summed E-state index contributed by atoms with van der Waals surface area (Å²) in [6, 6.07) is 0. The molecule has 0 spiro atoms. The molecule has 1 radical (unpaired) electrons. The van der Waals surface area contributed by atoms with Gasteiger partial charge in [-0.15, -0.1) is 0 Å². The topological polar surface area (TPSA) is 143 Å². The standard InChI is InChI=1S/6CN.Fe/c6*1-2;/q5*-1;+1;+5. The van der Waals surface area contributed by atoms with E-state index in [1.807, 2.05) is 0 Å². The van der Waals surface area contributed by atoms with Gasteiger partial charge in [-0.1, -0.05) is 0 Å². The molecule has 0 aliphatic rings. The van der Waals surface area contributed by atoms with Crippen LogP contribution in [0.5, 0.6) is 0 Å². The maximum atomic E-state index is 6.25. The van der Waals surface area contributed by atoms with Crippen LogP contribution in [0, 0.1) is 71.0 Å². The summed E-state index contributed by atoms with van der Waals surface area (Å²) in [4.78, 5) is 0. The molecule has 61 valence electrons. The molecule has 0 rings (SSSR count). The van der Waals surface area contributed by atoms with E-state index in [0.717, 1.165) is 0 Å². The molecular weight excluding hydrogens is 212 g/mol. The van der Waals surface area contributed by atoms with Crippen molar-refractivity contribution < 1.29 is 17.1 Å². The van der Waals surface area contributed by atoms with E-state index in [0.29, 0.717) is 0 Å². The number of hydrogen-bond donors (Lipinski definition) is 0. The molecule has 0 bridgehead atoms. The zero-order valence-corrected chi connectivity index (χ0v) is 7.14. The van der Waals surface area contributed by atoms with Crippen molar-refractivity contribution in [2.75, 3.05) is 0 Å². The Kier molecular flexibility index (Phi) is 770. The van der Waals surface area contributed by atoms with Crippen LogP contribution >= 0.6 is 0 Å². The predicted molar refractivity (Wildman–Crippen MR) is 29.8 cm³/mol. The second-order valence-electron chi connectivity index (χ2n) is 0. The summed E-state index contributed by atoms with van der Waals surface area (Å²) in [5, 5.41) is 37.5. The molecule has 0 saturated heterocycles. The van der Waals surface area contributed by atoms with Gasteiger partial charge in [-0.25, -0.2) is 0 Å². The van der Waals surface area contributed by atoms with Crippen molar-refractivity contribution >= 4 is 0 Å². The van der Waals surface area contributed by atoms with E-state index < -0.39 is 0 Å². The van der Waals surface area contributed by atoms with Crippen LogP contribution in [0.3, 0.4) is 0 Å². The summed E-state index contributed by atoms with van der Waals surface area (Å²) in [6.07, 6.45) is 0. The summed E-state index contributed by atoms with van der Waals surface area (Å²) < 4.78 is 0. The van der Waals surface area contributed by atoms with E-state index in [1.54, 1.807) is 0 Å². The molecular formula is C6FeN6+. The number of rotatable bonds is 0. The van der Waals surface area contributed by atoms with Crippen molar-refractivity contribution in [1.29, 1.82) is 31.6 Å². The maximum absolute atomic E-state index is 6.25. The van der Waals surface area contributed by atoms with E-state index in [1.165, 1.54) is 0 Å².